The van der Waals surface area contributed by atoms with Crippen molar-refractivity contribution in [3.8, 4) is 0 Å². The molecule has 21 heavy (non-hydrogen) atoms. The summed E-state index contributed by atoms with van der Waals surface area (Å²) in [4.78, 5) is 23.8. The monoisotopic (exact) mass is 294 g/mol. The van der Waals surface area contributed by atoms with Gasteiger partial charge in [0.25, 0.3) is 0 Å². The van der Waals surface area contributed by atoms with Gasteiger partial charge in [-0.05, 0) is 20.4 Å². The molecule has 1 aromatic heterocycles. The standard InChI is InChI=1S/C13H22N6O2/c1-5-17-6-7-18(8-9(17)2)12-11(19(20)21)10(3)15-13(14-4)16-12/h9H,5-8H2,1-4H3,(H,14,15,16). The van der Waals surface area contributed by atoms with Crippen LogP contribution in [-0.2, 0) is 0 Å². The number of piperazine rings is 1. The predicted octanol–water partition coefficient (Wildman–Crippen LogP) is 1.27. The van der Waals surface area contributed by atoms with E-state index in [-0.39, 0.29) is 10.6 Å². The fourth-order valence-electron chi connectivity index (χ4n) is 2.76. The number of hydrogen-bond donors (Lipinski definition) is 1. The number of anilines is 2. The number of nitrogens with one attached hydrogen (secondary N) is 1. The van der Waals surface area contributed by atoms with E-state index in [0.717, 1.165) is 26.2 Å². The summed E-state index contributed by atoms with van der Waals surface area (Å²) in [6.45, 7) is 9.24. The van der Waals surface area contributed by atoms with Crippen molar-refractivity contribution in [2.45, 2.75) is 26.8 Å². The first kappa shape index (κ1) is 15.4. The quantitative estimate of drug-likeness (QED) is 0.660. The number of hydrogen-bond acceptors (Lipinski definition) is 7. The Kier molecular flexibility index (Phi) is 4.56. The van der Waals surface area contributed by atoms with Crippen LogP contribution in [0.3, 0.4) is 0 Å². The van der Waals surface area contributed by atoms with Gasteiger partial charge in [0.05, 0.1) is 4.92 Å². The molecule has 1 fully saturated rings. The van der Waals surface area contributed by atoms with Crippen molar-refractivity contribution in [3.05, 3.63) is 15.8 Å². The van der Waals surface area contributed by atoms with E-state index in [1.165, 1.54) is 0 Å². The summed E-state index contributed by atoms with van der Waals surface area (Å²) in [7, 11) is 1.71. The van der Waals surface area contributed by atoms with E-state index in [4.69, 9.17) is 0 Å². The number of likely N-dealkylation sites (N-methyl/N-ethyl adjacent to an activating group) is 1. The van der Waals surface area contributed by atoms with Gasteiger partial charge in [-0.15, -0.1) is 0 Å². The van der Waals surface area contributed by atoms with Crippen LogP contribution >= 0.6 is 0 Å². The smallest absolute Gasteiger partial charge is 0.332 e. The average Bonchev–Trinajstić information content (AvgIpc) is 2.45. The summed E-state index contributed by atoms with van der Waals surface area (Å²) in [6.07, 6.45) is 0. The zero-order valence-corrected chi connectivity index (χ0v) is 13.0. The van der Waals surface area contributed by atoms with Crippen LogP contribution in [0.15, 0.2) is 0 Å². The Morgan fingerprint density at radius 2 is 2.14 bits per heavy atom. The molecule has 1 aliphatic rings. The van der Waals surface area contributed by atoms with Gasteiger partial charge in [0.1, 0.15) is 5.69 Å². The van der Waals surface area contributed by atoms with Crippen LogP contribution in [0.4, 0.5) is 17.5 Å². The van der Waals surface area contributed by atoms with Gasteiger partial charge in [0, 0.05) is 32.7 Å². The molecule has 0 radical (unpaired) electrons. The maximum atomic E-state index is 11.4. The first-order chi connectivity index (χ1) is 9.97. The van der Waals surface area contributed by atoms with Gasteiger partial charge in [-0.3, -0.25) is 15.0 Å². The maximum absolute atomic E-state index is 11.4. The van der Waals surface area contributed by atoms with Crippen molar-refractivity contribution in [3.63, 3.8) is 0 Å². The lowest BCUT2D eigenvalue weighted by atomic mass is 10.2. The molecule has 1 N–H and O–H groups in total. The van der Waals surface area contributed by atoms with Crippen LogP contribution in [-0.4, -0.2) is 59.1 Å². The molecule has 8 heteroatoms. The zero-order valence-electron chi connectivity index (χ0n) is 13.0. The first-order valence-corrected chi connectivity index (χ1v) is 7.17. The molecule has 2 heterocycles. The van der Waals surface area contributed by atoms with Crippen molar-refractivity contribution in [1.29, 1.82) is 0 Å². The van der Waals surface area contributed by atoms with Crippen LogP contribution in [0.25, 0.3) is 0 Å². The Labute approximate surface area is 124 Å². The largest absolute Gasteiger partial charge is 0.357 e. The fraction of sp³-hybridized carbons (Fsp3) is 0.692. The Balaban J connectivity index is 2.38. The highest BCUT2D eigenvalue weighted by Crippen LogP contribution is 2.31. The first-order valence-electron chi connectivity index (χ1n) is 7.17. The van der Waals surface area contributed by atoms with Crippen molar-refractivity contribution in [2.24, 2.45) is 0 Å². The number of rotatable bonds is 4. The number of aryl methyl sites for hydroxylation is 1. The van der Waals surface area contributed by atoms with Crippen molar-refractivity contribution < 1.29 is 4.92 Å². The molecule has 0 amide bonds. The molecule has 0 saturated carbocycles. The zero-order chi connectivity index (χ0) is 15.6. The van der Waals surface area contributed by atoms with Gasteiger partial charge < -0.3 is 10.2 Å². The summed E-state index contributed by atoms with van der Waals surface area (Å²) in [5.74, 6) is 0.832. The molecule has 1 aromatic rings. The molecule has 116 valence electrons. The third-order valence-corrected chi connectivity index (χ3v) is 3.92. The van der Waals surface area contributed by atoms with Crippen molar-refractivity contribution in [2.75, 3.05) is 43.4 Å². The summed E-state index contributed by atoms with van der Waals surface area (Å²) in [5, 5.41) is 14.2. The third kappa shape index (κ3) is 3.05. The molecule has 0 spiro atoms. The molecule has 1 atom stereocenters. The molecule has 0 bridgehead atoms. The van der Waals surface area contributed by atoms with E-state index >= 15 is 0 Å². The molecular formula is C13H22N6O2. The molecule has 8 nitrogen and oxygen atoms in total. The lowest BCUT2D eigenvalue weighted by Gasteiger charge is -2.39. The SMILES string of the molecule is CCN1CCN(c2nc(NC)nc(C)c2[N+](=O)[O-])CC1C. The van der Waals surface area contributed by atoms with E-state index < -0.39 is 0 Å². The molecule has 0 aromatic carbocycles. The second kappa shape index (κ2) is 6.21. The highest BCUT2D eigenvalue weighted by molar-refractivity contribution is 5.62. The molecule has 0 aliphatic carbocycles. The Hall–Kier alpha value is -1.96. The van der Waals surface area contributed by atoms with Gasteiger partial charge in [0.15, 0.2) is 0 Å². The highest BCUT2D eigenvalue weighted by atomic mass is 16.6. The molecule has 2 rings (SSSR count). The fourth-order valence-corrected chi connectivity index (χ4v) is 2.76. The third-order valence-electron chi connectivity index (χ3n) is 3.92. The van der Waals surface area contributed by atoms with E-state index in [2.05, 4.69) is 34.0 Å². The summed E-state index contributed by atoms with van der Waals surface area (Å²) in [6, 6.07) is 0.344. The summed E-state index contributed by atoms with van der Waals surface area (Å²) < 4.78 is 0. The minimum atomic E-state index is -0.388. The van der Waals surface area contributed by atoms with Crippen LogP contribution in [0.2, 0.25) is 0 Å². The van der Waals surface area contributed by atoms with Gasteiger partial charge in [-0.2, -0.15) is 4.98 Å². The highest BCUT2D eigenvalue weighted by Gasteiger charge is 2.30. The van der Waals surface area contributed by atoms with Gasteiger partial charge in [0.2, 0.25) is 11.8 Å². The second-order valence-corrected chi connectivity index (χ2v) is 5.24. The minimum Gasteiger partial charge on any atom is -0.357 e. The summed E-state index contributed by atoms with van der Waals surface area (Å²) >= 11 is 0. The molecule has 1 saturated heterocycles. The topological polar surface area (TPSA) is 87.4 Å². The number of nitrogens with zero attached hydrogens (tertiary/aromatic N) is 5. The second-order valence-electron chi connectivity index (χ2n) is 5.24. The summed E-state index contributed by atoms with van der Waals surface area (Å²) in [5.41, 5.74) is 0.395. The normalized spacial score (nSPS) is 19.6. The Bertz CT molecular complexity index is 536. The lowest BCUT2D eigenvalue weighted by molar-refractivity contribution is -0.385. The van der Waals surface area contributed by atoms with E-state index in [1.807, 2.05) is 4.90 Å². The van der Waals surface area contributed by atoms with E-state index in [1.54, 1.807) is 14.0 Å². The molecule has 1 aliphatic heterocycles. The predicted molar refractivity (Wildman–Crippen MR) is 81.9 cm³/mol. The maximum Gasteiger partial charge on any atom is 0.332 e. The van der Waals surface area contributed by atoms with Gasteiger partial charge in [-0.25, -0.2) is 4.98 Å². The van der Waals surface area contributed by atoms with Crippen LogP contribution < -0.4 is 10.2 Å². The minimum absolute atomic E-state index is 0.00569. The lowest BCUT2D eigenvalue weighted by Crippen LogP contribution is -2.52. The average molecular weight is 294 g/mol. The van der Waals surface area contributed by atoms with Crippen LogP contribution in [0.1, 0.15) is 19.5 Å². The molecular weight excluding hydrogens is 272 g/mol. The Morgan fingerprint density at radius 3 is 2.67 bits per heavy atom. The van der Waals surface area contributed by atoms with E-state index in [9.17, 15) is 10.1 Å². The number of nitro groups is 1. The van der Waals surface area contributed by atoms with Crippen LogP contribution in [0.5, 0.6) is 0 Å². The van der Waals surface area contributed by atoms with Crippen LogP contribution in [0, 0.1) is 17.0 Å². The Morgan fingerprint density at radius 1 is 1.43 bits per heavy atom. The van der Waals surface area contributed by atoms with E-state index in [0.29, 0.717) is 23.5 Å². The van der Waals surface area contributed by atoms with Gasteiger partial charge in [-0.1, -0.05) is 6.92 Å². The van der Waals surface area contributed by atoms with Gasteiger partial charge >= 0.3 is 5.69 Å². The number of aromatic nitrogens is 2. The molecule has 1 unspecified atom stereocenters. The van der Waals surface area contributed by atoms with Crippen molar-refractivity contribution in [1.82, 2.24) is 14.9 Å². The van der Waals surface area contributed by atoms with Crippen molar-refractivity contribution >= 4 is 17.5 Å².